The van der Waals surface area contributed by atoms with Crippen LogP contribution < -0.4 is 4.74 Å². The van der Waals surface area contributed by atoms with Gasteiger partial charge in [-0.2, -0.15) is 0 Å². The Hall–Kier alpha value is -1.18. The predicted octanol–water partition coefficient (Wildman–Crippen LogP) is 3.91. The molecular weight excluding hydrogens is 200 g/mol. The number of benzene rings is 1. The van der Waals surface area contributed by atoms with Gasteiger partial charge in [0.2, 0.25) is 0 Å². The highest BCUT2D eigenvalue weighted by Gasteiger charge is 2.06. The van der Waals surface area contributed by atoms with E-state index < -0.39 is 0 Å². The molecule has 0 fully saturated rings. The summed E-state index contributed by atoms with van der Waals surface area (Å²) in [6, 6.07) is 5.73. The van der Waals surface area contributed by atoms with E-state index in [1.54, 1.807) is 0 Å². The van der Waals surface area contributed by atoms with Crippen LogP contribution in [0.4, 0.5) is 0 Å². The van der Waals surface area contributed by atoms with Crippen molar-refractivity contribution in [1.29, 1.82) is 0 Å². The highest BCUT2D eigenvalue weighted by atomic mass is 16.5. The lowest BCUT2D eigenvalue weighted by atomic mass is 10.1. The number of para-hydroxylation sites is 1. The van der Waals surface area contributed by atoms with Crippen molar-refractivity contribution in [3.63, 3.8) is 0 Å². The largest absolute Gasteiger partial charge is 0.504 e. The van der Waals surface area contributed by atoms with Crippen LogP contribution in [0.3, 0.4) is 0 Å². The number of hydrogen-bond acceptors (Lipinski definition) is 2. The van der Waals surface area contributed by atoms with Gasteiger partial charge in [-0.15, -0.1) is 0 Å². The molecule has 1 aromatic carbocycles. The number of phenols is 1. The van der Waals surface area contributed by atoms with Gasteiger partial charge in [0.15, 0.2) is 11.5 Å². The van der Waals surface area contributed by atoms with Crippen molar-refractivity contribution in [2.24, 2.45) is 0 Å². The number of rotatable bonds is 7. The van der Waals surface area contributed by atoms with E-state index in [1.807, 2.05) is 25.1 Å². The van der Waals surface area contributed by atoms with E-state index in [9.17, 15) is 5.11 Å². The van der Waals surface area contributed by atoms with E-state index >= 15 is 0 Å². The van der Waals surface area contributed by atoms with Crippen LogP contribution >= 0.6 is 0 Å². The van der Waals surface area contributed by atoms with Crippen molar-refractivity contribution < 1.29 is 9.84 Å². The summed E-state index contributed by atoms with van der Waals surface area (Å²) < 4.78 is 5.35. The normalized spacial score (nSPS) is 10.4. The zero-order valence-electron chi connectivity index (χ0n) is 10.3. The second-order valence-electron chi connectivity index (χ2n) is 4.01. The Morgan fingerprint density at radius 1 is 1.12 bits per heavy atom. The Morgan fingerprint density at radius 3 is 2.62 bits per heavy atom. The number of hydrogen-bond donors (Lipinski definition) is 1. The Balaban J connectivity index is 2.55. The molecular formula is C14H22O2. The molecule has 0 bridgehead atoms. The van der Waals surface area contributed by atoms with Crippen LogP contribution in [0.5, 0.6) is 11.5 Å². The van der Waals surface area contributed by atoms with E-state index in [0.29, 0.717) is 18.1 Å². The molecule has 0 aliphatic heterocycles. The third-order valence-corrected chi connectivity index (χ3v) is 2.68. The average molecular weight is 222 g/mol. The predicted molar refractivity (Wildman–Crippen MR) is 67.1 cm³/mol. The summed E-state index contributed by atoms with van der Waals surface area (Å²) >= 11 is 0. The minimum absolute atomic E-state index is 0.320. The van der Waals surface area contributed by atoms with Crippen molar-refractivity contribution >= 4 is 0 Å². The molecule has 1 aromatic rings. The van der Waals surface area contributed by atoms with Crippen LogP contribution in [-0.4, -0.2) is 11.7 Å². The second-order valence-corrected chi connectivity index (χ2v) is 4.01. The van der Waals surface area contributed by atoms with Gasteiger partial charge in [0.1, 0.15) is 0 Å². The molecule has 0 saturated heterocycles. The maximum Gasteiger partial charge on any atom is 0.161 e. The maximum absolute atomic E-state index is 9.95. The second kappa shape index (κ2) is 7.15. The van der Waals surface area contributed by atoms with Crippen LogP contribution in [0.25, 0.3) is 0 Å². The molecule has 0 radical (unpaired) electrons. The molecule has 0 atom stereocenters. The quantitative estimate of drug-likeness (QED) is 0.709. The summed E-state index contributed by atoms with van der Waals surface area (Å²) in [4.78, 5) is 0. The molecule has 0 heterocycles. The van der Waals surface area contributed by atoms with Crippen LogP contribution in [-0.2, 0) is 6.42 Å². The van der Waals surface area contributed by atoms with E-state index in [-0.39, 0.29) is 0 Å². The van der Waals surface area contributed by atoms with Crippen LogP contribution in [0, 0.1) is 0 Å². The SMILES string of the molecule is CCCCCCc1cccc(OCC)c1O. The summed E-state index contributed by atoms with van der Waals surface area (Å²) in [7, 11) is 0. The molecule has 0 spiro atoms. The molecule has 16 heavy (non-hydrogen) atoms. The first-order valence-electron chi connectivity index (χ1n) is 6.23. The number of phenolic OH excluding ortho intramolecular Hbond substituents is 1. The number of ether oxygens (including phenoxy) is 1. The zero-order chi connectivity index (χ0) is 11.8. The smallest absolute Gasteiger partial charge is 0.161 e. The molecule has 1 N–H and O–H groups in total. The topological polar surface area (TPSA) is 29.5 Å². The van der Waals surface area contributed by atoms with Crippen LogP contribution in [0.15, 0.2) is 18.2 Å². The molecule has 90 valence electrons. The molecule has 2 heteroatoms. The number of aromatic hydroxyl groups is 1. The number of aryl methyl sites for hydroxylation is 1. The molecule has 0 unspecified atom stereocenters. The van der Waals surface area contributed by atoms with Gasteiger partial charge < -0.3 is 9.84 Å². The molecule has 0 aliphatic carbocycles. The third kappa shape index (κ3) is 3.76. The average Bonchev–Trinajstić information content (AvgIpc) is 2.29. The molecule has 0 amide bonds. The Bertz CT molecular complexity index is 308. The van der Waals surface area contributed by atoms with E-state index in [4.69, 9.17) is 4.74 Å². The van der Waals surface area contributed by atoms with Gasteiger partial charge in [-0.25, -0.2) is 0 Å². The van der Waals surface area contributed by atoms with Gasteiger partial charge in [0.25, 0.3) is 0 Å². The molecule has 2 nitrogen and oxygen atoms in total. The lowest BCUT2D eigenvalue weighted by Gasteiger charge is -2.09. The molecule has 0 aromatic heterocycles. The van der Waals surface area contributed by atoms with E-state index in [0.717, 1.165) is 18.4 Å². The van der Waals surface area contributed by atoms with E-state index in [2.05, 4.69) is 6.92 Å². The maximum atomic E-state index is 9.95. The van der Waals surface area contributed by atoms with Crippen molar-refractivity contribution in [2.75, 3.05) is 6.61 Å². The third-order valence-electron chi connectivity index (χ3n) is 2.68. The summed E-state index contributed by atoms with van der Waals surface area (Å²) in [6.07, 6.45) is 5.81. The molecule has 0 saturated carbocycles. The van der Waals surface area contributed by atoms with Crippen molar-refractivity contribution in [1.82, 2.24) is 0 Å². The fourth-order valence-electron chi connectivity index (χ4n) is 1.78. The fraction of sp³-hybridized carbons (Fsp3) is 0.571. The Kier molecular flexibility index (Phi) is 5.76. The minimum Gasteiger partial charge on any atom is -0.504 e. The van der Waals surface area contributed by atoms with Gasteiger partial charge in [-0.1, -0.05) is 38.3 Å². The molecule has 0 aliphatic rings. The Morgan fingerprint density at radius 2 is 1.94 bits per heavy atom. The van der Waals surface area contributed by atoms with Gasteiger partial charge in [0, 0.05) is 0 Å². The summed E-state index contributed by atoms with van der Waals surface area (Å²) in [5.41, 5.74) is 1.00. The lowest BCUT2D eigenvalue weighted by Crippen LogP contribution is -1.94. The first kappa shape index (κ1) is 12.9. The van der Waals surface area contributed by atoms with Crippen LogP contribution in [0.2, 0.25) is 0 Å². The lowest BCUT2D eigenvalue weighted by molar-refractivity contribution is 0.316. The van der Waals surface area contributed by atoms with Crippen LogP contribution in [0.1, 0.15) is 45.1 Å². The first-order chi connectivity index (χ1) is 7.79. The van der Waals surface area contributed by atoms with Crippen molar-refractivity contribution in [3.05, 3.63) is 23.8 Å². The van der Waals surface area contributed by atoms with Gasteiger partial charge >= 0.3 is 0 Å². The summed E-state index contributed by atoms with van der Waals surface area (Å²) in [6.45, 7) is 4.72. The zero-order valence-corrected chi connectivity index (χ0v) is 10.3. The monoisotopic (exact) mass is 222 g/mol. The first-order valence-corrected chi connectivity index (χ1v) is 6.23. The van der Waals surface area contributed by atoms with Gasteiger partial charge in [-0.3, -0.25) is 0 Å². The summed E-state index contributed by atoms with van der Waals surface area (Å²) in [5, 5.41) is 9.95. The standard InChI is InChI=1S/C14H22O2/c1-3-5-6-7-9-12-10-8-11-13(14(12)15)16-4-2/h8,10-11,15H,3-7,9H2,1-2H3. The minimum atomic E-state index is 0.320. The van der Waals surface area contributed by atoms with Gasteiger partial charge in [0.05, 0.1) is 6.61 Å². The highest BCUT2D eigenvalue weighted by molar-refractivity contribution is 5.45. The van der Waals surface area contributed by atoms with Crippen molar-refractivity contribution in [2.45, 2.75) is 46.0 Å². The Labute approximate surface area is 98.3 Å². The fourth-order valence-corrected chi connectivity index (χ4v) is 1.78. The van der Waals surface area contributed by atoms with Gasteiger partial charge in [-0.05, 0) is 31.4 Å². The number of unbranched alkanes of at least 4 members (excludes halogenated alkanes) is 3. The van der Waals surface area contributed by atoms with Crippen molar-refractivity contribution in [3.8, 4) is 11.5 Å². The summed E-state index contributed by atoms with van der Waals surface area (Å²) in [5.74, 6) is 0.927. The molecule has 1 rings (SSSR count). The van der Waals surface area contributed by atoms with E-state index in [1.165, 1.54) is 19.3 Å². The highest BCUT2D eigenvalue weighted by Crippen LogP contribution is 2.30.